The van der Waals surface area contributed by atoms with Crippen molar-refractivity contribution in [1.82, 2.24) is 0 Å². The molecule has 9 aromatic rings. The molecule has 0 unspecified atom stereocenters. The van der Waals surface area contributed by atoms with Crippen molar-refractivity contribution in [1.29, 1.82) is 0 Å². The molecule has 0 aromatic heterocycles. The van der Waals surface area contributed by atoms with Crippen molar-refractivity contribution in [3.8, 4) is 22.3 Å². The van der Waals surface area contributed by atoms with E-state index in [1.807, 2.05) is 12.1 Å². The van der Waals surface area contributed by atoms with Crippen LogP contribution in [0.15, 0.2) is 200 Å². The minimum absolute atomic E-state index is 0.0750. The largest absolute Gasteiger partial charge is 0.311 e. The Morgan fingerprint density at radius 3 is 1.58 bits per heavy atom. The van der Waals surface area contributed by atoms with Gasteiger partial charge < -0.3 is 14.7 Å². The second-order valence-electron chi connectivity index (χ2n) is 22.7. The molecule has 3 nitrogen and oxygen atoms in total. The van der Waals surface area contributed by atoms with Crippen LogP contribution in [0.25, 0.3) is 22.3 Å². The van der Waals surface area contributed by atoms with Gasteiger partial charge in [-0.05, 0) is 189 Å². The van der Waals surface area contributed by atoms with E-state index in [-0.39, 0.29) is 23.0 Å². The van der Waals surface area contributed by atoms with Crippen LogP contribution in [-0.2, 0) is 16.2 Å². The summed E-state index contributed by atoms with van der Waals surface area (Å²) in [5, 5.41) is 0. The van der Waals surface area contributed by atoms with Gasteiger partial charge in [-0.15, -0.1) is 0 Å². The summed E-state index contributed by atoms with van der Waals surface area (Å²) in [6, 6.07) is 72.2. The van der Waals surface area contributed by atoms with Crippen molar-refractivity contribution in [2.24, 2.45) is 0 Å². The van der Waals surface area contributed by atoms with Gasteiger partial charge in [0.05, 0.1) is 5.69 Å². The third-order valence-corrected chi connectivity index (χ3v) is 16.0. The fraction of sp³-hybridized carbons (Fsp3) is 0.206. The molecule has 0 atom stereocenters. The van der Waals surface area contributed by atoms with Gasteiger partial charge in [0, 0.05) is 55.2 Å². The zero-order chi connectivity index (χ0) is 52.2. The summed E-state index contributed by atoms with van der Waals surface area (Å²) in [6.07, 6.45) is 2.14. The minimum Gasteiger partial charge on any atom is -0.311 e. The van der Waals surface area contributed by atoms with E-state index in [9.17, 15) is 4.11 Å². The number of rotatable bonds is 7. The van der Waals surface area contributed by atoms with Gasteiger partial charge in [-0.2, -0.15) is 0 Å². The van der Waals surface area contributed by atoms with E-state index in [0.29, 0.717) is 5.56 Å². The molecule has 0 N–H and O–H groups in total. The van der Waals surface area contributed by atoms with Crippen LogP contribution in [0.3, 0.4) is 0 Å². The van der Waals surface area contributed by atoms with Crippen LogP contribution in [0.2, 0.25) is 0 Å². The van der Waals surface area contributed by atoms with E-state index in [1.54, 1.807) is 0 Å². The van der Waals surface area contributed by atoms with Gasteiger partial charge in [0.25, 0.3) is 6.71 Å². The number of aryl methyl sites for hydroxylation is 2. The molecule has 3 aliphatic rings. The highest BCUT2D eigenvalue weighted by Gasteiger charge is 2.47. The molecule has 0 saturated carbocycles. The first-order valence-corrected chi connectivity index (χ1v) is 25.8. The summed E-state index contributed by atoms with van der Waals surface area (Å²) in [6.45, 7) is 16.0. The Balaban J connectivity index is 1.23. The highest BCUT2D eigenvalue weighted by atomic mass is 15.2. The zero-order valence-electron chi connectivity index (χ0n) is 45.9. The maximum atomic E-state index is 9.25. The number of anilines is 9. The normalized spacial score (nSPS) is 15.8. The molecule has 0 bridgehead atoms. The minimum atomic E-state index is -2.42. The Labute approximate surface area is 432 Å². The van der Waals surface area contributed by atoms with Crippen LogP contribution in [-0.4, -0.2) is 6.71 Å². The molecule has 4 heteroatoms. The van der Waals surface area contributed by atoms with Gasteiger partial charge in [0.1, 0.15) is 0 Å². The van der Waals surface area contributed by atoms with Crippen molar-refractivity contribution in [2.45, 2.75) is 91.3 Å². The lowest BCUT2D eigenvalue weighted by atomic mass is 9.33. The second-order valence-corrected chi connectivity index (χ2v) is 22.7. The molecule has 1 aliphatic carbocycles. The van der Waals surface area contributed by atoms with Crippen LogP contribution in [0.1, 0.15) is 93.2 Å². The monoisotopic (exact) mass is 937 g/mol. The lowest BCUT2D eigenvalue weighted by Crippen LogP contribution is -2.62. The maximum absolute atomic E-state index is 9.25. The van der Waals surface area contributed by atoms with E-state index in [1.165, 1.54) is 22.2 Å². The second kappa shape index (κ2) is 17.1. The zero-order valence-corrected chi connectivity index (χ0v) is 42.9. The first-order chi connectivity index (χ1) is 35.9. The van der Waals surface area contributed by atoms with Crippen LogP contribution < -0.4 is 31.1 Å². The number of hydrogen-bond donors (Lipinski definition) is 0. The third-order valence-electron chi connectivity index (χ3n) is 16.0. The average Bonchev–Trinajstić information content (AvgIpc) is 3.41. The Morgan fingerprint density at radius 2 is 1.00 bits per heavy atom. The van der Waals surface area contributed by atoms with E-state index in [2.05, 4.69) is 258 Å². The molecule has 0 spiro atoms. The lowest BCUT2D eigenvalue weighted by molar-refractivity contribution is 0.332. The number of para-hydroxylation sites is 2. The van der Waals surface area contributed by atoms with Gasteiger partial charge >= 0.3 is 0 Å². The molecule has 72 heavy (non-hydrogen) atoms. The molecule has 2 aliphatic heterocycles. The number of nitrogens with zero attached hydrogens (tertiary/aromatic N) is 3. The molecule has 0 radical (unpaired) electrons. The summed E-state index contributed by atoms with van der Waals surface area (Å²) >= 11 is 0. The Kier molecular flexibility index (Phi) is 9.98. The molecular formula is C68H64BN3. The fourth-order valence-electron chi connectivity index (χ4n) is 12.1. The molecule has 0 amide bonds. The standard InChI is InChI=1S/C68H64BN3/c1-45-38-63-65-64(39-45)72(60-34-31-50(66(3,4)5)41-54(60)48-24-16-11-17-25-48)61-35-32-53(70(51-26-18-12-19-27-51)52-28-20-13-21-29-52)42-57(61)69(65)58-43-55-56(68(8,9)37-36-67(55,6)7)44-62(58)71(63)59-33-30-49(40-46(59)2)47-22-14-10-15-23-47/h10-35,38-44H,36-37H2,1-9H3/i1D3. The van der Waals surface area contributed by atoms with E-state index in [4.69, 9.17) is 0 Å². The summed E-state index contributed by atoms with van der Waals surface area (Å²) in [4.78, 5) is 7.18. The highest BCUT2D eigenvalue weighted by Crippen LogP contribution is 2.52. The van der Waals surface area contributed by atoms with Gasteiger partial charge in [-0.3, -0.25) is 0 Å². The first-order valence-electron chi connectivity index (χ1n) is 27.3. The summed E-state index contributed by atoms with van der Waals surface area (Å²) < 4.78 is 27.8. The molecule has 354 valence electrons. The number of hydrogen-bond acceptors (Lipinski definition) is 3. The summed E-state index contributed by atoms with van der Waals surface area (Å²) in [7, 11) is 0. The van der Waals surface area contributed by atoms with Crippen molar-refractivity contribution in [3.05, 3.63) is 228 Å². The van der Waals surface area contributed by atoms with Crippen LogP contribution >= 0.6 is 0 Å². The van der Waals surface area contributed by atoms with Gasteiger partial charge in [0.2, 0.25) is 0 Å². The van der Waals surface area contributed by atoms with Crippen molar-refractivity contribution in [3.63, 3.8) is 0 Å². The third kappa shape index (κ3) is 7.57. The average molecular weight is 937 g/mol. The van der Waals surface area contributed by atoms with E-state index in [0.717, 1.165) is 103 Å². The van der Waals surface area contributed by atoms with Gasteiger partial charge in [-0.25, -0.2) is 0 Å². The van der Waals surface area contributed by atoms with Crippen molar-refractivity contribution in [2.75, 3.05) is 14.7 Å². The summed E-state index contributed by atoms with van der Waals surface area (Å²) in [5.41, 5.74) is 22.1. The smallest absolute Gasteiger partial charge is 0.252 e. The predicted octanol–water partition coefficient (Wildman–Crippen LogP) is 16.8. The van der Waals surface area contributed by atoms with Crippen LogP contribution in [0.5, 0.6) is 0 Å². The Morgan fingerprint density at radius 1 is 0.472 bits per heavy atom. The SMILES string of the molecule is [2H]C([2H])([2H])c1cc2c3c(c1)N(c1ccc(C(C)(C)C)cc1-c1ccccc1)c1ccc(N(c4ccccc4)c4ccccc4)cc1B3c1cc3c(cc1N2c1ccc(-c2ccccc2)cc1C)C(C)(C)CCC3(C)C. The van der Waals surface area contributed by atoms with Gasteiger partial charge in [0.15, 0.2) is 0 Å². The number of fused-ring (bicyclic) bond motifs is 5. The Hall–Kier alpha value is -7.56. The molecule has 0 saturated heterocycles. The molecule has 12 rings (SSSR count). The molecule has 9 aromatic carbocycles. The topological polar surface area (TPSA) is 9.72 Å². The lowest BCUT2D eigenvalue weighted by Gasteiger charge is -2.48. The highest BCUT2D eigenvalue weighted by molar-refractivity contribution is 7.00. The van der Waals surface area contributed by atoms with E-state index < -0.39 is 6.85 Å². The predicted molar refractivity (Wildman–Crippen MR) is 309 cm³/mol. The van der Waals surface area contributed by atoms with Gasteiger partial charge in [-0.1, -0.05) is 164 Å². The quantitative estimate of drug-likeness (QED) is 0.147. The fourth-order valence-corrected chi connectivity index (χ4v) is 12.1. The van der Waals surface area contributed by atoms with Crippen molar-refractivity contribution < 1.29 is 4.11 Å². The molecular weight excluding hydrogens is 870 g/mol. The van der Waals surface area contributed by atoms with Crippen molar-refractivity contribution >= 4 is 74.3 Å². The number of benzene rings is 9. The first kappa shape index (κ1) is 42.2. The van der Waals surface area contributed by atoms with E-state index >= 15 is 0 Å². The van der Waals surface area contributed by atoms with Crippen LogP contribution in [0, 0.1) is 13.8 Å². The summed E-state index contributed by atoms with van der Waals surface area (Å²) in [5.74, 6) is 0. The van der Waals surface area contributed by atoms with Crippen LogP contribution in [0.4, 0.5) is 51.2 Å². The molecule has 0 fully saturated rings. The Bertz CT molecular complexity index is 3620. The molecule has 2 heterocycles. The maximum Gasteiger partial charge on any atom is 0.252 e.